The van der Waals surface area contributed by atoms with Crippen LogP contribution in [0.4, 0.5) is 0 Å². The highest BCUT2D eigenvalue weighted by atomic mass is 16.3. The van der Waals surface area contributed by atoms with E-state index in [1.807, 2.05) is 12.1 Å². The maximum Gasteiger partial charge on any atom is 0.115 e. The van der Waals surface area contributed by atoms with Gasteiger partial charge in [-0.15, -0.1) is 0 Å². The average molecular weight is 283 g/mol. The molecule has 2 N–H and O–H groups in total. The van der Waals surface area contributed by atoms with Gasteiger partial charge in [-0.2, -0.15) is 0 Å². The molecule has 2 heteroatoms. The van der Waals surface area contributed by atoms with Gasteiger partial charge in [0.1, 0.15) is 5.75 Å². The summed E-state index contributed by atoms with van der Waals surface area (Å²) in [5.41, 5.74) is 2.57. The fraction of sp³-hybridized carbons (Fsp3) is 0.368. The van der Waals surface area contributed by atoms with Crippen LogP contribution >= 0.6 is 0 Å². The lowest BCUT2D eigenvalue weighted by atomic mass is 9.99. The predicted molar refractivity (Wildman–Crippen MR) is 88.5 cm³/mol. The molecular weight excluding hydrogens is 258 g/mol. The van der Waals surface area contributed by atoms with E-state index in [4.69, 9.17) is 0 Å². The molecule has 2 aromatic carbocycles. The van der Waals surface area contributed by atoms with Crippen LogP contribution in [0, 0.1) is 0 Å². The average Bonchev–Trinajstić information content (AvgIpc) is 2.51. The molecule has 2 aromatic rings. The Morgan fingerprint density at radius 3 is 2.57 bits per heavy atom. The van der Waals surface area contributed by atoms with E-state index < -0.39 is 0 Å². The van der Waals surface area contributed by atoms with E-state index >= 15 is 0 Å². The second-order valence-electron chi connectivity index (χ2n) is 5.48. The van der Waals surface area contributed by atoms with Crippen LogP contribution < -0.4 is 5.32 Å². The maximum atomic E-state index is 9.50. The smallest absolute Gasteiger partial charge is 0.115 e. The van der Waals surface area contributed by atoms with Gasteiger partial charge in [0.05, 0.1) is 0 Å². The standard InChI is InChI=1S/C19H25NO/c1-2-14-20-19(17-10-4-3-5-11-17)13-7-9-16-8-6-12-18(21)15-16/h3-6,8,10-12,15,19-21H,2,7,9,13-14H2,1H3. The highest BCUT2D eigenvalue weighted by Crippen LogP contribution is 2.20. The van der Waals surface area contributed by atoms with Crippen LogP contribution in [0.15, 0.2) is 54.6 Å². The third-order valence-electron chi connectivity index (χ3n) is 3.71. The van der Waals surface area contributed by atoms with Crippen molar-refractivity contribution in [2.24, 2.45) is 0 Å². The Balaban J connectivity index is 1.90. The van der Waals surface area contributed by atoms with Crippen LogP contribution in [0.5, 0.6) is 5.75 Å². The third kappa shape index (κ3) is 5.24. The van der Waals surface area contributed by atoms with Crippen molar-refractivity contribution in [3.05, 3.63) is 65.7 Å². The largest absolute Gasteiger partial charge is 0.508 e. The molecule has 0 saturated heterocycles. The number of aryl methyl sites for hydroxylation is 1. The number of nitrogens with one attached hydrogen (secondary N) is 1. The lowest BCUT2D eigenvalue weighted by Crippen LogP contribution is -2.22. The normalized spacial score (nSPS) is 12.2. The molecule has 0 amide bonds. The van der Waals surface area contributed by atoms with Gasteiger partial charge in [-0.05, 0) is 55.5 Å². The van der Waals surface area contributed by atoms with Crippen LogP contribution in [0.1, 0.15) is 43.4 Å². The Bertz CT molecular complexity index is 524. The lowest BCUT2D eigenvalue weighted by molar-refractivity contribution is 0.472. The third-order valence-corrected chi connectivity index (χ3v) is 3.71. The molecule has 0 aliphatic rings. The number of aromatic hydroxyl groups is 1. The molecule has 1 atom stereocenters. The molecule has 0 bridgehead atoms. The first-order valence-electron chi connectivity index (χ1n) is 7.86. The van der Waals surface area contributed by atoms with Crippen molar-refractivity contribution in [2.45, 2.75) is 38.6 Å². The molecule has 0 heterocycles. The van der Waals surface area contributed by atoms with Crippen LogP contribution in [-0.4, -0.2) is 11.7 Å². The number of hydrogen-bond acceptors (Lipinski definition) is 2. The minimum Gasteiger partial charge on any atom is -0.508 e. The topological polar surface area (TPSA) is 32.3 Å². The van der Waals surface area contributed by atoms with Gasteiger partial charge < -0.3 is 10.4 Å². The van der Waals surface area contributed by atoms with Gasteiger partial charge in [-0.3, -0.25) is 0 Å². The van der Waals surface area contributed by atoms with Gasteiger partial charge in [0.2, 0.25) is 0 Å². The van der Waals surface area contributed by atoms with Gasteiger partial charge in [0.15, 0.2) is 0 Å². The van der Waals surface area contributed by atoms with Crippen LogP contribution in [0.3, 0.4) is 0 Å². The van der Waals surface area contributed by atoms with Gasteiger partial charge in [0.25, 0.3) is 0 Å². The molecule has 0 radical (unpaired) electrons. The first-order chi connectivity index (χ1) is 10.3. The summed E-state index contributed by atoms with van der Waals surface area (Å²) in [4.78, 5) is 0. The van der Waals surface area contributed by atoms with E-state index in [0.29, 0.717) is 11.8 Å². The molecule has 0 spiro atoms. The van der Waals surface area contributed by atoms with Gasteiger partial charge in [0, 0.05) is 6.04 Å². The zero-order valence-corrected chi connectivity index (χ0v) is 12.8. The highest BCUT2D eigenvalue weighted by Gasteiger charge is 2.09. The highest BCUT2D eigenvalue weighted by molar-refractivity contribution is 5.27. The Morgan fingerprint density at radius 2 is 1.86 bits per heavy atom. The van der Waals surface area contributed by atoms with Gasteiger partial charge in [-0.1, -0.05) is 49.4 Å². The van der Waals surface area contributed by atoms with E-state index in [2.05, 4.69) is 48.6 Å². The van der Waals surface area contributed by atoms with Crippen molar-refractivity contribution in [3.8, 4) is 5.75 Å². The van der Waals surface area contributed by atoms with Crippen molar-refractivity contribution in [2.75, 3.05) is 6.54 Å². The zero-order chi connectivity index (χ0) is 14.9. The molecule has 0 aliphatic heterocycles. The summed E-state index contributed by atoms with van der Waals surface area (Å²) in [6.45, 7) is 3.24. The molecule has 112 valence electrons. The summed E-state index contributed by atoms with van der Waals surface area (Å²) in [7, 11) is 0. The molecule has 0 aliphatic carbocycles. The van der Waals surface area contributed by atoms with E-state index in [1.54, 1.807) is 6.07 Å². The Morgan fingerprint density at radius 1 is 1.05 bits per heavy atom. The van der Waals surface area contributed by atoms with Crippen molar-refractivity contribution in [3.63, 3.8) is 0 Å². The van der Waals surface area contributed by atoms with Crippen LogP contribution in [0.2, 0.25) is 0 Å². The van der Waals surface area contributed by atoms with Crippen LogP contribution in [-0.2, 0) is 6.42 Å². The van der Waals surface area contributed by atoms with Crippen molar-refractivity contribution >= 4 is 0 Å². The summed E-state index contributed by atoms with van der Waals surface area (Å²) < 4.78 is 0. The summed E-state index contributed by atoms with van der Waals surface area (Å²) in [5, 5.41) is 13.1. The molecule has 2 rings (SSSR count). The first-order valence-corrected chi connectivity index (χ1v) is 7.86. The minimum absolute atomic E-state index is 0.358. The molecule has 0 aromatic heterocycles. The second-order valence-corrected chi connectivity index (χ2v) is 5.48. The lowest BCUT2D eigenvalue weighted by Gasteiger charge is -2.19. The van der Waals surface area contributed by atoms with Crippen molar-refractivity contribution in [1.82, 2.24) is 5.32 Å². The summed E-state index contributed by atoms with van der Waals surface area (Å²) in [6.07, 6.45) is 4.38. The fourth-order valence-corrected chi connectivity index (χ4v) is 2.61. The van der Waals surface area contributed by atoms with Crippen LogP contribution in [0.25, 0.3) is 0 Å². The molecule has 21 heavy (non-hydrogen) atoms. The maximum absolute atomic E-state index is 9.50. The number of phenolic OH excluding ortho intramolecular Hbond substituents is 1. The minimum atomic E-state index is 0.358. The Kier molecular flexibility index (Phi) is 6.29. The van der Waals surface area contributed by atoms with Gasteiger partial charge >= 0.3 is 0 Å². The van der Waals surface area contributed by atoms with E-state index in [0.717, 1.165) is 32.2 Å². The first kappa shape index (κ1) is 15.6. The molecule has 0 fully saturated rings. The monoisotopic (exact) mass is 283 g/mol. The summed E-state index contributed by atoms with van der Waals surface area (Å²) in [6, 6.07) is 18.7. The quantitative estimate of drug-likeness (QED) is 0.750. The number of benzene rings is 2. The number of rotatable bonds is 8. The van der Waals surface area contributed by atoms with Gasteiger partial charge in [-0.25, -0.2) is 0 Å². The van der Waals surface area contributed by atoms with Crippen molar-refractivity contribution in [1.29, 1.82) is 0 Å². The van der Waals surface area contributed by atoms with E-state index in [9.17, 15) is 5.11 Å². The number of phenols is 1. The second kappa shape index (κ2) is 8.48. The summed E-state index contributed by atoms with van der Waals surface area (Å²) in [5.74, 6) is 0.358. The summed E-state index contributed by atoms with van der Waals surface area (Å²) >= 11 is 0. The molecule has 0 saturated carbocycles. The predicted octanol–water partition coefficient (Wildman–Crippen LogP) is 4.46. The Labute approximate surface area is 127 Å². The molecule has 2 nitrogen and oxygen atoms in total. The molecular formula is C19H25NO. The van der Waals surface area contributed by atoms with E-state index in [1.165, 1.54) is 11.1 Å². The van der Waals surface area contributed by atoms with E-state index in [-0.39, 0.29) is 0 Å². The Hall–Kier alpha value is -1.80. The fourth-order valence-electron chi connectivity index (χ4n) is 2.61. The molecule has 1 unspecified atom stereocenters. The van der Waals surface area contributed by atoms with Crippen molar-refractivity contribution < 1.29 is 5.11 Å². The number of hydrogen-bond donors (Lipinski definition) is 2. The zero-order valence-electron chi connectivity index (χ0n) is 12.8. The SMILES string of the molecule is CCCNC(CCCc1cccc(O)c1)c1ccccc1.